The van der Waals surface area contributed by atoms with Gasteiger partial charge in [-0.3, -0.25) is 0 Å². The third-order valence-electron chi connectivity index (χ3n) is 4.19. The number of thiocarbonyl (C=S) groups is 1. The summed E-state index contributed by atoms with van der Waals surface area (Å²) in [6.07, 6.45) is 0. The lowest BCUT2D eigenvalue weighted by Gasteiger charge is -2.13. The SMILES string of the molecule is Cc1nc(-c2cccc(NC(=S)NCc3ccc(S(=O)(=O)N(C)C)cc3)c2)cs1. The summed E-state index contributed by atoms with van der Waals surface area (Å²) in [4.78, 5) is 4.77. The monoisotopic (exact) mass is 446 g/mol. The van der Waals surface area contributed by atoms with Crippen molar-refractivity contribution in [1.29, 1.82) is 0 Å². The number of benzene rings is 2. The highest BCUT2D eigenvalue weighted by molar-refractivity contribution is 7.89. The van der Waals surface area contributed by atoms with Gasteiger partial charge in [-0.15, -0.1) is 11.3 Å². The molecule has 0 fully saturated rings. The Morgan fingerprint density at radius 2 is 1.90 bits per heavy atom. The molecule has 1 aromatic heterocycles. The number of hydrogen-bond donors (Lipinski definition) is 2. The predicted molar refractivity (Wildman–Crippen MR) is 123 cm³/mol. The lowest BCUT2D eigenvalue weighted by atomic mass is 10.1. The first-order valence-electron chi connectivity index (χ1n) is 8.84. The smallest absolute Gasteiger partial charge is 0.242 e. The Morgan fingerprint density at radius 1 is 1.17 bits per heavy atom. The molecule has 0 radical (unpaired) electrons. The van der Waals surface area contributed by atoms with Gasteiger partial charge in [-0.2, -0.15) is 0 Å². The molecule has 152 valence electrons. The summed E-state index contributed by atoms with van der Waals surface area (Å²) in [7, 11) is -0.394. The number of rotatable bonds is 6. The van der Waals surface area contributed by atoms with Crippen molar-refractivity contribution in [2.24, 2.45) is 0 Å². The van der Waals surface area contributed by atoms with Crippen LogP contribution in [0, 0.1) is 6.92 Å². The summed E-state index contributed by atoms with van der Waals surface area (Å²) >= 11 is 7.00. The van der Waals surface area contributed by atoms with Crippen LogP contribution < -0.4 is 10.6 Å². The number of nitrogens with zero attached hydrogens (tertiary/aromatic N) is 2. The Labute approximate surface area is 180 Å². The Morgan fingerprint density at radius 3 is 2.52 bits per heavy atom. The summed E-state index contributed by atoms with van der Waals surface area (Å²) in [5.41, 5.74) is 3.78. The van der Waals surface area contributed by atoms with Crippen LogP contribution in [0.25, 0.3) is 11.3 Å². The average molecular weight is 447 g/mol. The molecular formula is C20H22N4O2S3. The van der Waals surface area contributed by atoms with Crippen LogP contribution in [0.3, 0.4) is 0 Å². The van der Waals surface area contributed by atoms with E-state index in [4.69, 9.17) is 12.2 Å². The van der Waals surface area contributed by atoms with Gasteiger partial charge < -0.3 is 10.6 Å². The van der Waals surface area contributed by atoms with E-state index >= 15 is 0 Å². The molecule has 0 aliphatic heterocycles. The second-order valence-electron chi connectivity index (χ2n) is 6.57. The second-order valence-corrected chi connectivity index (χ2v) is 10.2. The van der Waals surface area contributed by atoms with Crippen LogP contribution in [0.5, 0.6) is 0 Å². The third kappa shape index (κ3) is 5.39. The van der Waals surface area contributed by atoms with Crippen LogP contribution in [0.2, 0.25) is 0 Å². The highest BCUT2D eigenvalue weighted by Gasteiger charge is 2.16. The number of anilines is 1. The van der Waals surface area contributed by atoms with Crippen LogP contribution in [0.15, 0.2) is 58.8 Å². The van der Waals surface area contributed by atoms with Gasteiger partial charge in [-0.05, 0) is 49.0 Å². The van der Waals surface area contributed by atoms with Gasteiger partial charge in [0.25, 0.3) is 0 Å². The largest absolute Gasteiger partial charge is 0.358 e. The van der Waals surface area contributed by atoms with Crippen molar-refractivity contribution in [3.05, 3.63) is 64.5 Å². The molecule has 2 aromatic carbocycles. The highest BCUT2D eigenvalue weighted by atomic mass is 32.2. The fourth-order valence-electron chi connectivity index (χ4n) is 2.60. The highest BCUT2D eigenvalue weighted by Crippen LogP contribution is 2.24. The Balaban J connectivity index is 1.59. The van der Waals surface area contributed by atoms with Crippen LogP contribution >= 0.6 is 23.6 Å². The van der Waals surface area contributed by atoms with Crippen molar-refractivity contribution < 1.29 is 8.42 Å². The molecular weight excluding hydrogens is 424 g/mol. The van der Waals surface area contributed by atoms with Crippen LogP contribution in [-0.4, -0.2) is 36.9 Å². The molecule has 0 unspecified atom stereocenters. The van der Waals surface area contributed by atoms with Gasteiger partial charge in [0.15, 0.2) is 5.11 Å². The van der Waals surface area contributed by atoms with Gasteiger partial charge in [-0.1, -0.05) is 24.3 Å². The van der Waals surface area contributed by atoms with Crippen molar-refractivity contribution in [3.63, 3.8) is 0 Å². The Hall–Kier alpha value is -2.33. The summed E-state index contributed by atoms with van der Waals surface area (Å²) in [6, 6.07) is 14.7. The zero-order valence-electron chi connectivity index (χ0n) is 16.3. The van der Waals surface area contributed by atoms with Crippen LogP contribution in [0.4, 0.5) is 5.69 Å². The fourth-order valence-corrected chi connectivity index (χ4v) is 4.31. The third-order valence-corrected chi connectivity index (χ3v) is 7.04. The average Bonchev–Trinajstić information content (AvgIpc) is 3.13. The number of aromatic nitrogens is 1. The molecule has 29 heavy (non-hydrogen) atoms. The molecule has 1 heterocycles. The minimum atomic E-state index is -3.42. The van der Waals surface area contributed by atoms with Crippen LogP contribution in [-0.2, 0) is 16.6 Å². The molecule has 0 saturated heterocycles. The molecule has 0 amide bonds. The van der Waals surface area contributed by atoms with Crippen molar-refractivity contribution in [1.82, 2.24) is 14.6 Å². The van der Waals surface area contributed by atoms with E-state index in [1.165, 1.54) is 18.4 Å². The van der Waals surface area contributed by atoms with E-state index in [1.54, 1.807) is 35.6 Å². The minimum Gasteiger partial charge on any atom is -0.358 e. The normalized spacial score (nSPS) is 11.4. The van der Waals surface area contributed by atoms with Crippen molar-refractivity contribution >= 4 is 44.4 Å². The van der Waals surface area contributed by atoms with E-state index in [2.05, 4.69) is 15.6 Å². The van der Waals surface area contributed by atoms with Gasteiger partial charge in [0.1, 0.15) is 0 Å². The van der Waals surface area contributed by atoms with Gasteiger partial charge in [0.2, 0.25) is 10.0 Å². The van der Waals surface area contributed by atoms with E-state index in [9.17, 15) is 8.42 Å². The summed E-state index contributed by atoms with van der Waals surface area (Å²) in [5.74, 6) is 0. The molecule has 2 N–H and O–H groups in total. The van der Waals surface area contributed by atoms with E-state index in [0.29, 0.717) is 11.7 Å². The summed E-state index contributed by atoms with van der Waals surface area (Å²) in [5, 5.41) is 9.86. The second kappa shape index (κ2) is 9.00. The number of sulfonamides is 1. The maximum atomic E-state index is 12.1. The lowest BCUT2D eigenvalue weighted by Crippen LogP contribution is -2.28. The van der Waals surface area contributed by atoms with Crippen molar-refractivity contribution in [2.45, 2.75) is 18.4 Å². The van der Waals surface area contributed by atoms with Crippen molar-refractivity contribution in [3.8, 4) is 11.3 Å². The molecule has 6 nitrogen and oxygen atoms in total. The maximum absolute atomic E-state index is 12.1. The minimum absolute atomic E-state index is 0.265. The van der Waals surface area contributed by atoms with E-state index in [-0.39, 0.29) is 4.90 Å². The van der Waals surface area contributed by atoms with Gasteiger partial charge in [0.05, 0.1) is 15.6 Å². The number of nitrogens with one attached hydrogen (secondary N) is 2. The number of hydrogen-bond acceptors (Lipinski definition) is 5. The molecule has 9 heteroatoms. The number of thiazole rings is 1. The first-order valence-corrected chi connectivity index (χ1v) is 11.6. The summed E-state index contributed by atoms with van der Waals surface area (Å²) in [6.45, 7) is 2.47. The van der Waals surface area contributed by atoms with Crippen molar-refractivity contribution in [2.75, 3.05) is 19.4 Å². The first-order chi connectivity index (χ1) is 13.8. The molecule has 0 bridgehead atoms. The quantitative estimate of drug-likeness (QED) is 0.560. The van der Waals surface area contributed by atoms with E-state index < -0.39 is 10.0 Å². The molecule has 0 aliphatic rings. The zero-order valence-corrected chi connectivity index (χ0v) is 18.8. The van der Waals surface area contributed by atoms with E-state index in [0.717, 1.165) is 27.5 Å². The van der Waals surface area contributed by atoms with Gasteiger partial charge >= 0.3 is 0 Å². The predicted octanol–water partition coefficient (Wildman–Crippen LogP) is 3.86. The molecule has 0 atom stereocenters. The molecule has 0 spiro atoms. The zero-order chi connectivity index (χ0) is 21.0. The maximum Gasteiger partial charge on any atom is 0.242 e. The topological polar surface area (TPSA) is 74.3 Å². The van der Waals surface area contributed by atoms with E-state index in [1.807, 2.05) is 36.6 Å². The first kappa shape index (κ1) is 21.4. The molecule has 3 aromatic rings. The van der Waals surface area contributed by atoms with Gasteiger partial charge in [0, 0.05) is 37.3 Å². The summed E-state index contributed by atoms with van der Waals surface area (Å²) < 4.78 is 25.4. The molecule has 0 aliphatic carbocycles. The van der Waals surface area contributed by atoms with Gasteiger partial charge in [-0.25, -0.2) is 17.7 Å². The molecule has 0 saturated carbocycles. The van der Waals surface area contributed by atoms with Crippen LogP contribution in [0.1, 0.15) is 10.6 Å². The lowest BCUT2D eigenvalue weighted by molar-refractivity contribution is 0.520. The standard InChI is InChI=1S/C20H22N4O2S3/c1-14-22-19(13-28-14)16-5-4-6-17(11-16)23-20(27)21-12-15-7-9-18(10-8-15)29(25,26)24(2)3/h4-11,13H,12H2,1-3H3,(H2,21,23,27). The molecule has 3 rings (SSSR count). The Bertz CT molecular complexity index is 1110. The fraction of sp³-hybridized carbons (Fsp3) is 0.200. The number of aryl methyl sites for hydroxylation is 1. The Kier molecular flexibility index (Phi) is 6.63.